The summed E-state index contributed by atoms with van der Waals surface area (Å²) in [5.41, 5.74) is 1.80. The molecule has 0 aromatic carbocycles. The van der Waals surface area contributed by atoms with Crippen LogP contribution in [0.5, 0.6) is 0 Å². The maximum atomic E-state index is 11.2. The van der Waals surface area contributed by atoms with Gasteiger partial charge in [0.15, 0.2) is 0 Å². The molecule has 0 atom stereocenters. The van der Waals surface area contributed by atoms with Crippen LogP contribution in [0.4, 0.5) is 5.82 Å². The van der Waals surface area contributed by atoms with Gasteiger partial charge in [0.2, 0.25) is 5.82 Å². The van der Waals surface area contributed by atoms with Crippen molar-refractivity contribution in [3.8, 4) is 0 Å². The number of carbonyl (C=O) groups excluding carboxylic acids is 1. The second-order valence-electron chi connectivity index (χ2n) is 3.71. The number of anilines is 1. The van der Waals surface area contributed by atoms with Crippen molar-refractivity contribution in [3.63, 3.8) is 0 Å². The molecule has 1 aliphatic carbocycles. The van der Waals surface area contributed by atoms with E-state index < -0.39 is 11.2 Å². The fourth-order valence-electron chi connectivity index (χ4n) is 1.54. The topological polar surface area (TPSA) is 120 Å². The van der Waals surface area contributed by atoms with Crippen LogP contribution in [0.2, 0.25) is 0 Å². The van der Waals surface area contributed by atoms with Crippen LogP contribution in [0.25, 0.3) is 0 Å². The van der Waals surface area contributed by atoms with Gasteiger partial charge in [-0.25, -0.2) is 9.89 Å². The van der Waals surface area contributed by atoms with Crippen molar-refractivity contribution in [3.05, 3.63) is 20.8 Å². The number of carbonyl (C=O) groups is 1. The smallest absolute Gasteiger partial charge is 0.299 e. The lowest BCUT2D eigenvalue weighted by atomic mass is 9.97. The van der Waals surface area contributed by atoms with Crippen molar-refractivity contribution in [2.75, 3.05) is 5.43 Å². The number of aromatic amines is 2. The molecule has 0 saturated heterocycles. The Hall–Kier alpha value is -2.25. The van der Waals surface area contributed by atoms with Crippen LogP contribution >= 0.6 is 0 Å². The molecule has 0 unspecified atom stereocenters. The lowest BCUT2D eigenvalue weighted by molar-refractivity contribution is -0.118. The van der Waals surface area contributed by atoms with E-state index in [1.165, 1.54) is 0 Å². The van der Waals surface area contributed by atoms with Crippen molar-refractivity contribution in [2.45, 2.75) is 25.7 Å². The Morgan fingerprint density at radius 3 is 2.76 bits per heavy atom. The summed E-state index contributed by atoms with van der Waals surface area (Å²) in [7, 11) is 0. The third-order valence-electron chi connectivity index (χ3n) is 2.35. The number of hydrogen-bond donors (Lipinski definition) is 3. The number of nitrogens with zero attached hydrogens (tertiary/aromatic N) is 2. The van der Waals surface area contributed by atoms with E-state index in [9.17, 15) is 14.4 Å². The van der Waals surface area contributed by atoms with Crippen molar-refractivity contribution >= 4 is 17.3 Å². The molecule has 3 N–H and O–H groups in total. The molecule has 17 heavy (non-hydrogen) atoms. The number of Topliss-reactive ketones (excluding diaryl/α,β-unsaturated/α-hetero) is 1. The van der Waals surface area contributed by atoms with E-state index in [4.69, 9.17) is 0 Å². The lowest BCUT2D eigenvalue weighted by Crippen LogP contribution is -2.26. The summed E-state index contributed by atoms with van der Waals surface area (Å²) in [6.07, 6.45) is 2.37. The maximum absolute atomic E-state index is 11.2. The quantitative estimate of drug-likeness (QED) is 0.591. The Labute approximate surface area is 95.1 Å². The normalized spacial score (nSPS) is 18.4. The van der Waals surface area contributed by atoms with Gasteiger partial charge in [-0.1, -0.05) is 0 Å². The molecule has 0 spiro atoms. The number of nitrogens with one attached hydrogen (secondary N) is 3. The van der Waals surface area contributed by atoms with Gasteiger partial charge in [-0.05, 0) is 12.8 Å². The van der Waals surface area contributed by atoms with E-state index in [-0.39, 0.29) is 11.6 Å². The molecule has 1 heterocycles. The van der Waals surface area contributed by atoms with Gasteiger partial charge in [-0.2, -0.15) is 5.10 Å². The van der Waals surface area contributed by atoms with Crippen LogP contribution in [-0.2, 0) is 4.79 Å². The van der Waals surface area contributed by atoms with Gasteiger partial charge in [-0.3, -0.25) is 20.0 Å². The summed E-state index contributed by atoms with van der Waals surface area (Å²) in [4.78, 5) is 35.1. The number of hydrogen-bond acceptors (Lipinski definition) is 6. The molecule has 1 aromatic heterocycles. The van der Waals surface area contributed by atoms with Gasteiger partial charge < -0.3 is 0 Å². The zero-order chi connectivity index (χ0) is 12.3. The van der Waals surface area contributed by atoms with Crippen molar-refractivity contribution in [2.24, 2.45) is 5.10 Å². The van der Waals surface area contributed by atoms with Crippen LogP contribution < -0.4 is 16.7 Å². The summed E-state index contributed by atoms with van der Waals surface area (Å²) in [6, 6.07) is 0. The SMILES string of the molecule is O=C1CCCC(=NNc2n[nH]c(=O)[nH]c2=O)C1. The molecule has 1 aliphatic rings. The van der Waals surface area contributed by atoms with Crippen molar-refractivity contribution < 1.29 is 4.79 Å². The van der Waals surface area contributed by atoms with Gasteiger partial charge in [0.05, 0.1) is 0 Å². The van der Waals surface area contributed by atoms with Crippen LogP contribution in [0.15, 0.2) is 14.7 Å². The van der Waals surface area contributed by atoms with E-state index >= 15 is 0 Å². The van der Waals surface area contributed by atoms with Gasteiger partial charge in [0.1, 0.15) is 5.78 Å². The minimum atomic E-state index is -0.680. The highest BCUT2D eigenvalue weighted by Crippen LogP contribution is 2.11. The Bertz CT molecular complexity index is 570. The summed E-state index contributed by atoms with van der Waals surface area (Å²) in [5, 5.41) is 9.51. The van der Waals surface area contributed by atoms with E-state index in [2.05, 4.69) is 20.7 Å². The zero-order valence-electron chi connectivity index (χ0n) is 8.95. The Kier molecular flexibility index (Phi) is 3.12. The third-order valence-corrected chi connectivity index (χ3v) is 2.35. The molecule has 1 aromatic rings. The molecule has 8 heteroatoms. The zero-order valence-corrected chi connectivity index (χ0v) is 8.95. The molecule has 0 bridgehead atoms. The standard InChI is InChI=1S/C9H11N5O3/c15-6-3-1-2-5(4-6)11-12-7-8(16)10-9(17)14-13-7/h1-4H2,(H,12,13)(H2,10,14,16,17). The van der Waals surface area contributed by atoms with Gasteiger partial charge >= 0.3 is 5.69 Å². The van der Waals surface area contributed by atoms with E-state index in [0.29, 0.717) is 18.6 Å². The minimum absolute atomic E-state index is 0.102. The Morgan fingerprint density at radius 2 is 2.06 bits per heavy atom. The van der Waals surface area contributed by atoms with Crippen LogP contribution in [0, 0.1) is 0 Å². The number of H-pyrrole nitrogens is 2. The number of aromatic nitrogens is 3. The highest BCUT2D eigenvalue weighted by molar-refractivity contribution is 6.04. The first-order valence-electron chi connectivity index (χ1n) is 5.17. The predicted molar refractivity (Wildman–Crippen MR) is 60.0 cm³/mol. The van der Waals surface area contributed by atoms with E-state index in [1.54, 1.807) is 0 Å². The third kappa shape index (κ3) is 2.86. The van der Waals surface area contributed by atoms with Gasteiger partial charge in [0.25, 0.3) is 5.56 Å². The van der Waals surface area contributed by atoms with E-state index in [1.807, 2.05) is 4.98 Å². The molecule has 8 nitrogen and oxygen atoms in total. The van der Waals surface area contributed by atoms with Crippen LogP contribution in [-0.4, -0.2) is 26.7 Å². The minimum Gasteiger partial charge on any atom is -0.299 e. The number of rotatable bonds is 2. The molecule has 90 valence electrons. The predicted octanol–water partition coefficient (Wildman–Crippen LogP) is -0.631. The highest BCUT2D eigenvalue weighted by atomic mass is 16.2. The summed E-state index contributed by atoms with van der Waals surface area (Å²) in [5.74, 6) is 0.0373. The van der Waals surface area contributed by atoms with Crippen LogP contribution in [0.3, 0.4) is 0 Å². The average molecular weight is 237 g/mol. The molecule has 1 saturated carbocycles. The van der Waals surface area contributed by atoms with Gasteiger partial charge in [-0.15, -0.1) is 5.10 Å². The molecule has 0 amide bonds. The average Bonchev–Trinajstić information content (AvgIpc) is 2.28. The Balaban J connectivity index is 2.11. The molecular weight excluding hydrogens is 226 g/mol. The summed E-state index contributed by atoms with van der Waals surface area (Å²) < 4.78 is 0. The maximum Gasteiger partial charge on any atom is 0.342 e. The highest BCUT2D eigenvalue weighted by Gasteiger charge is 2.14. The first-order valence-corrected chi connectivity index (χ1v) is 5.17. The van der Waals surface area contributed by atoms with Crippen LogP contribution in [0.1, 0.15) is 25.7 Å². The molecular formula is C9H11N5O3. The van der Waals surface area contributed by atoms with Crippen molar-refractivity contribution in [1.82, 2.24) is 15.2 Å². The Morgan fingerprint density at radius 1 is 1.24 bits per heavy atom. The first-order chi connectivity index (χ1) is 8.15. The number of hydrazone groups is 1. The lowest BCUT2D eigenvalue weighted by Gasteiger charge is -2.11. The largest absolute Gasteiger partial charge is 0.342 e. The monoisotopic (exact) mass is 237 g/mol. The molecule has 1 fully saturated rings. The van der Waals surface area contributed by atoms with Gasteiger partial charge in [0, 0.05) is 18.6 Å². The number of ketones is 1. The molecule has 0 radical (unpaired) electrons. The molecule has 2 rings (SSSR count). The van der Waals surface area contributed by atoms with E-state index in [0.717, 1.165) is 12.8 Å². The summed E-state index contributed by atoms with van der Waals surface area (Å²) in [6.45, 7) is 0. The molecule has 0 aliphatic heterocycles. The first kappa shape index (κ1) is 11.2. The fraction of sp³-hybridized carbons (Fsp3) is 0.444. The van der Waals surface area contributed by atoms with Crippen molar-refractivity contribution in [1.29, 1.82) is 0 Å². The fourth-order valence-corrected chi connectivity index (χ4v) is 1.54. The summed E-state index contributed by atoms with van der Waals surface area (Å²) >= 11 is 0. The second kappa shape index (κ2) is 4.73. The second-order valence-corrected chi connectivity index (χ2v) is 3.71.